The van der Waals surface area contributed by atoms with Crippen molar-refractivity contribution in [2.45, 2.75) is 42.4 Å². The molecule has 0 aromatic heterocycles. The molecule has 2 unspecified atom stereocenters. The molecule has 30 heavy (non-hydrogen) atoms. The van der Waals surface area contributed by atoms with Crippen LogP contribution < -0.4 is 15.4 Å². The second-order valence-corrected chi connectivity index (χ2v) is 8.89. The van der Waals surface area contributed by atoms with Crippen molar-refractivity contribution in [3.05, 3.63) is 41.3 Å². The normalized spacial score (nSPS) is 25.5. The highest BCUT2D eigenvalue weighted by Crippen LogP contribution is 2.29. The van der Waals surface area contributed by atoms with Gasteiger partial charge in [0, 0.05) is 18.7 Å². The number of carboxylic acids is 1. The van der Waals surface area contributed by atoms with Gasteiger partial charge in [0.25, 0.3) is 5.91 Å². The molecule has 9 heteroatoms. The summed E-state index contributed by atoms with van der Waals surface area (Å²) in [5, 5.41) is 15.8. The standard InChI is InChI=1S/C21H25ClN2O5S/c22-17-9-12-30-18(17)20(26)24-11-10-23-19(25)13-1-5-15(6-2-13)29-16-7-3-14(4-8-16)21(27)28/h1-2,5-6,9,12,14,16-18H,3-4,7-8,10-11H2,(H,23,25)(H,24,26)(H,27,28)/t14-,16+,17?,18?. The maximum absolute atomic E-state index is 12.2. The summed E-state index contributed by atoms with van der Waals surface area (Å²) in [4.78, 5) is 35.3. The number of allylic oxidation sites excluding steroid dienone is 1. The number of aliphatic carboxylic acids is 1. The highest BCUT2D eigenvalue weighted by Gasteiger charge is 2.28. The van der Waals surface area contributed by atoms with Crippen molar-refractivity contribution >= 4 is 41.1 Å². The molecule has 3 N–H and O–H groups in total. The number of alkyl halides is 1. The van der Waals surface area contributed by atoms with E-state index in [1.807, 2.05) is 5.41 Å². The first-order chi connectivity index (χ1) is 14.4. The van der Waals surface area contributed by atoms with E-state index in [9.17, 15) is 14.4 Å². The van der Waals surface area contributed by atoms with E-state index in [0.717, 1.165) is 0 Å². The third-order valence-electron chi connectivity index (χ3n) is 5.19. The smallest absolute Gasteiger partial charge is 0.306 e. The molecule has 1 aromatic rings. The van der Waals surface area contributed by atoms with E-state index in [2.05, 4.69) is 10.6 Å². The van der Waals surface area contributed by atoms with Gasteiger partial charge in [-0.25, -0.2) is 0 Å². The molecule has 2 aliphatic rings. The molecule has 0 bridgehead atoms. The number of ether oxygens (including phenoxy) is 1. The Morgan fingerprint density at radius 2 is 1.73 bits per heavy atom. The average Bonchev–Trinajstić information content (AvgIpc) is 3.18. The molecule has 1 saturated carbocycles. The summed E-state index contributed by atoms with van der Waals surface area (Å²) >= 11 is 7.42. The van der Waals surface area contributed by atoms with Crippen molar-refractivity contribution in [1.29, 1.82) is 0 Å². The first-order valence-electron chi connectivity index (χ1n) is 9.95. The van der Waals surface area contributed by atoms with Gasteiger partial charge < -0.3 is 20.5 Å². The summed E-state index contributed by atoms with van der Waals surface area (Å²) in [6, 6.07) is 6.85. The molecule has 1 aliphatic carbocycles. The molecule has 2 atom stereocenters. The van der Waals surface area contributed by atoms with Gasteiger partial charge in [-0.1, -0.05) is 6.08 Å². The Morgan fingerprint density at radius 3 is 2.33 bits per heavy atom. The lowest BCUT2D eigenvalue weighted by Crippen LogP contribution is -2.40. The molecule has 1 fully saturated rings. The summed E-state index contributed by atoms with van der Waals surface area (Å²) in [5.74, 6) is -0.717. The maximum atomic E-state index is 12.2. The van der Waals surface area contributed by atoms with Gasteiger partial charge >= 0.3 is 5.97 Å². The van der Waals surface area contributed by atoms with Crippen LogP contribution in [0.3, 0.4) is 0 Å². The van der Waals surface area contributed by atoms with Gasteiger partial charge in [0.2, 0.25) is 5.91 Å². The SMILES string of the molecule is O=C(NCCNC(=O)C1SC=CC1Cl)c1ccc(O[C@H]2CC[C@@H](C(=O)O)CC2)cc1. The van der Waals surface area contributed by atoms with E-state index >= 15 is 0 Å². The zero-order chi connectivity index (χ0) is 21.5. The quantitative estimate of drug-likeness (QED) is 0.414. The zero-order valence-electron chi connectivity index (χ0n) is 16.4. The van der Waals surface area contributed by atoms with Gasteiger partial charge in [-0.15, -0.1) is 23.4 Å². The van der Waals surface area contributed by atoms with Crippen LogP contribution in [0.5, 0.6) is 5.75 Å². The molecule has 0 saturated heterocycles. The van der Waals surface area contributed by atoms with E-state index in [1.165, 1.54) is 11.8 Å². The van der Waals surface area contributed by atoms with Gasteiger partial charge in [-0.05, 0) is 55.4 Å². The predicted octanol–water partition coefficient (Wildman–Crippen LogP) is 2.79. The number of carboxylic acid groups (broad SMARTS) is 1. The number of carbonyl (C=O) groups excluding carboxylic acids is 2. The lowest BCUT2D eigenvalue weighted by Gasteiger charge is -2.26. The average molecular weight is 453 g/mol. The van der Waals surface area contributed by atoms with Crippen LogP contribution >= 0.6 is 23.4 Å². The molecule has 1 aromatic carbocycles. The van der Waals surface area contributed by atoms with Crippen molar-refractivity contribution in [2.24, 2.45) is 5.92 Å². The topological polar surface area (TPSA) is 105 Å². The lowest BCUT2D eigenvalue weighted by atomic mass is 9.87. The van der Waals surface area contributed by atoms with Crippen molar-refractivity contribution in [3.8, 4) is 5.75 Å². The molecule has 0 spiro atoms. The first kappa shape index (κ1) is 22.5. The molecule has 7 nitrogen and oxygen atoms in total. The second-order valence-electron chi connectivity index (χ2n) is 7.33. The van der Waals surface area contributed by atoms with Gasteiger partial charge in [0.1, 0.15) is 11.0 Å². The molecular formula is C21H25ClN2O5S. The Labute approximate surface area is 184 Å². The third kappa shape index (κ3) is 6.15. The van der Waals surface area contributed by atoms with Crippen LogP contribution in [0.1, 0.15) is 36.0 Å². The predicted molar refractivity (Wildman–Crippen MR) is 116 cm³/mol. The number of carbonyl (C=O) groups is 3. The summed E-state index contributed by atoms with van der Waals surface area (Å²) < 4.78 is 5.91. The fourth-order valence-corrected chi connectivity index (χ4v) is 4.79. The lowest BCUT2D eigenvalue weighted by molar-refractivity contribution is -0.143. The number of amides is 2. The molecule has 1 heterocycles. The Bertz CT molecular complexity index is 793. The fourth-order valence-electron chi connectivity index (χ4n) is 3.46. The Balaban J connectivity index is 1.36. The van der Waals surface area contributed by atoms with Crippen molar-refractivity contribution < 1.29 is 24.2 Å². The Morgan fingerprint density at radius 1 is 1.07 bits per heavy atom. The minimum absolute atomic E-state index is 0.00436. The van der Waals surface area contributed by atoms with Gasteiger partial charge in [0.05, 0.1) is 17.4 Å². The maximum Gasteiger partial charge on any atom is 0.306 e. The van der Waals surface area contributed by atoms with E-state index < -0.39 is 5.97 Å². The molecule has 162 valence electrons. The summed E-state index contributed by atoms with van der Waals surface area (Å²) in [7, 11) is 0. The van der Waals surface area contributed by atoms with Crippen LogP contribution in [0.4, 0.5) is 0 Å². The van der Waals surface area contributed by atoms with E-state index in [4.69, 9.17) is 21.4 Å². The number of hydrogen-bond acceptors (Lipinski definition) is 5. The molecule has 0 radical (unpaired) electrons. The van der Waals surface area contributed by atoms with Crippen LogP contribution in [0.15, 0.2) is 35.7 Å². The van der Waals surface area contributed by atoms with Crippen LogP contribution in [-0.2, 0) is 9.59 Å². The van der Waals surface area contributed by atoms with E-state index in [0.29, 0.717) is 50.1 Å². The molecule has 2 amide bonds. The van der Waals surface area contributed by atoms with Crippen LogP contribution in [0.2, 0.25) is 0 Å². The van der Waals surface area contributed by atoms with E-state index in [-0.39, 0.29) is 34.5 Å². The summed E-state index contributed by atoms with van der Waals surface area (Å²) in [6.07, 6.45) is 4.46. The minimum Gasteiger partial charge on any atom is -0.490 e. The molecule has 1 aliphatic heterocycles. The molecule has 3 rings (SSSR count). The van der Waals surface area contributed by atoms with Crippen molar-refractivity contribution in [3.63, 3.8) is 0 Å². The van der Waals surface area contributed by atoms with E-state index in [1.54, 1.807) is 30.3 Å². The van der Waals surface area contributed by atoms with Gasteiger partial charge in [-0.3, -0.25) is 14.4 Å². The van der Waals surface area contributed by atoms with Gasteiger partial charge in [-0.2, -0.15) is 0 Å². The Kier molecular flexibility index (Phi) is 8.04. The fraction of sp³-hybridized carbons (Fsp3) is 0.476. The zero-order valence-corrected chi connectivity index (χ0v) is 18.0. The van der Waals surface area contributed by atoms with Crippen molar-refractivity contribution in [2.75, 3.05) is 13.1 Å². The summed E-state index contributed by atoms with van der Waals surface area (Å²) in [6.45, 7) is 0.638. The number of benzene rings is 1. The highest BCUT2D eigenvalue weighted by atomic mass is 35.5. The second kappa shape index (κ2) is 10.7. The number of hydrogen-bond donors (Lipinski definition) is 3. The highest BCUT2D eigenvalue weighted by molar-refractivity contribution is 8.03. The number of thioether (sulfide) groups is 1. The first-order valence-corrected chi connectivity index (χ1v) is 11.3. The minimum atomic E-state index is -0.735. The van der Waals surface area contributed by atoms with Crippen molar-refractivity contribution in [1.82, 2.24) is 10.6 Å². The number of halogens is 1. The Hall–Kier alpha value is -2.19. The van der Waals surface area contributed by atoms with Crippen LogP contribution in [0.25, 0.3) is 0 Å². The van der Waals surface area contributed by atoms with Crippen LogP contribution in [0, 0.1) is 5.92 Å². The van der Waals surface area contributed by atoms with Gasteiger partial charge in [0.15, 0.2) is 0 Å². The third-order valence-corrected chi connectivity index (χ3v) is 6.85. The van der Waals surface area contributed by atoms with Crippen LogP contribution in [-0.4, -0.2) is 52.7 Å². The number of rotatable bonds is 8. The number of nitrogens with one attached hydrogen (secondary N) is 2. The largest absolute Gasteiger partial charge is 0.490 e. The monoisotopic (exact) mass is 452 g/mol. The summed E-state index contributed by atoms with van der Waals surface area (Å²) in [5.41, 5.74) is 0.500. The molecular weight excluding hydrogens is 428 g/mol.